The highest BCUT2D eigenvalue weighted by Gasteiger charge is 2.05. The summed E-state index contributed by atoms with van der Waals surface area (Å²) in [6.45, 7) is 5.30. The molecule has 1 aromatic carbocycles. The first-order valence-corrected chi connectivity index (χ1v) is 6.66. The maximum absolute atomic E-state index is 5.56. The van der Waals surface area contributed by atoms with Gasteiger partial charge in [-0.05, 0) is 43.0 Å². The van der Waals surface area contributed by atoms with Gasteiger partial charge in [0.2, 0.25) is 0 Å². The van der Waals surface area contributed by atoms with Crippen molar-refractivity contribution in [3.63, 3.8) is 0 Å². The van der Waals surface area contributed by atoms with E-state index in [-0.39, 0.29) is 0 Å². The Morgan fingerprint density at radius 2 is 1.65 bits per heavy atom. The Hall–Kier alpha value is -1.48. The summed E-state index contributed by atoms with van der Waals surface area (Å²) in [7, 11) is 0. The lowest BCUT2D eigenvalue weighted by Crippen LogP contribution is -1.95. The summed E-state index contributed by atoms with van der Waals surface area (Å²) in [5.41, 5.74) is 1.15. The predicted octanol–water partition coefficient (Wildman–Crippen LogP) is 4.21. The van der Waals surface area contributed by atoms with E-state index in [1.807, 2.05) is 26.0 Å². The second kappa shape index (κ2) is 5.73. The zero-order chi connectivity index (χ0) is 12.1. The summed E-state index contributed by atoms with van der Waals surface area (Å²) in [5.74, 6) is 1.73. The maximum atomic E-state index is 5.56. The van der Waals surface area contributed by atoms with Gasteiger partial charge in [0, 0.05) is 10.9 Å². The average Bonchev–Trinajstić information content (AvgIpc) is 2.83. The van der Waals surface area contributed by atoms with Crippen molar-refractivity contribution in [2.45, 2.75) is 13.8 Å². The second-order valence-corrected chi connectivity index (χ2v) is 4.48. The van der Waals surface area contributed by atoms with Crippen molar-refractivity contribution in [2.24, 2.45) is 0 Å². The van der Waals surface area contributed by atoms with E-state index in [0.717, 1.165) is 17.1 Å². The lowest BCUT2D eigenvalue weighted by molar-refractivity contribution is 0.323. The molecule has 2 aromatic rings. The lowest BCUT2D eigenvalue weighted by Gasteiger charge is -2.09. The largest absolute Gasteiger partial charge is 0.494 e. The molecule has 3 heteroatoms. The molecule has 0 aliphatic rings. The molecule has 0 fully saturated rings. The first kappa shape index (κ1) is 12.0. The molecule has 0 saturated heterocycles. The molecular formula is C14H16O2S. The molecule has 0 bridgehead atoms. The topological polar surface area (TPSA) is 18.5 Å². The fraction of sp³-hybridized carbons (Fsp3) is 0.286. The van der Waals surface area contributed by atoms with Crippen LogP contribution in [-0.2, 0) is 0 Å². The predicted molar refractivity (Wildman–Crippen MR) is 72.1 cm³/mol. The van der Waals surface area contributed by atoms with Crippen molar-refractivity contribution in [1.29, 1.82) is 0 Å². The Morgan fingerprint density at radius 3 is 2.12 bits per heavy atom. The van der Waals surface area contributed by atoms with Gasteiger partial charge in [0.05, 0.1) is 13.2 Å². The van der Waals surface area contributed by atoms with Crippen LogP contribution in [0.25, 0.3) is 10.4 Å². The van der Waals surface area contributed by atoms with Gasteiger partial charge in [-0.2, -0.15) is 0 Å². The second-order valence-electron chi connectivity index (χ2n) is 3.54. The normalized spacial score (nSPS) is 10.2. The Balaban J connectivity index is 2.37. The van der Waals surface area contributed by atoms with E-state index < -0.39 is 0 Å². The monoisotopic (exact) mass is 248 g/mol. The van der Waals surface area contributed by atoms with Crippen molar-refractivity contribution in [3.05, 3.63) is 35.7 Å². The molecule has 17 heavy (non-hydrogen) atoms. The minimum Gasteiger partial charge on any atom is -0.494 e. The summed E-state index contributed by atoms with van der Waals surface area (Å²) in [4.78, 5) is 1.23. The number of rotatable bonds is 5. The zero-order valence-corrected chi connectivity index (χ0v) is 10.9. The number of benzene rings is 1. The third kappa shape index (κ3) is 3.01. The van der Waals surface area contributed by atoms with Gasteiger partial charge in [-0.1, -0.05) is 6.07 Å². The van der Waals surface area contributed by atoms with E-state index in [0.29, 0.717) is 13.2 Å². The molecule has 0 atom stereocenters. The highest BCUT2D eigenvalue weighted by Crippen LogP contribution is 2.32. The molecule has 0 saturated carbocycles. The van der Waals surface area contributed by atoms with E-state index in [2.05, 4.69) is 23.6 Å². The summed E-state index contributed by atoms with van der Waals surface area (Å²) in [6.07, 6.45) is 0. The van der Waals surface area contributed by atoms with E-state index in [1.54, 1.807) is 11.3 Å². The van der Waals surface area contributed by atoms with Gasteiger partial charge >= 0.3 is 0 Å². The van der Waals surface area contributed by atoms with E-state index >= 15 is 0 Å². The molecule has 0 spiro atoms. The quantitative estimate of drug-likeness (QED) is 0.789. The maximum Gasteiger partial charge on any atom is 0.123 e. The third-order valence-electron chi connectivity index (χ3n) is 2.31. The molecule has 2 rings (SSSR count). The van der Waals surface area contributed by atoms with Crippen LogP contribution in [0.2, 0.25) is 0 Å². The van der Waals surface area contributed by atoms with Crippen LogP contribution in [0.3, 0.4) is 0 Å². The minimum atomic E-state index is 0.666. The number of ether oxygens (including phenoxy) is 2. The standard InChI is InChI=1S/C14H16O2S/c1-3-15-12-8-11(14-6-5-7-17-14)9-13(10-12)16-4-2/h5-10H,3-4H2,1-2H3. The van der Waals surface area contributed by atoms with Crippen molar-refractivity contribution in [1.82, 2.24) is 0 Å². The van der Waals surface area contributed by atoms with Crippen LogP contribution in [0.4, 0.5) is 0 Å². The van der Waals surface area contributed by atoms with E-state index in [9.17, 15) is 0 Å². The molecule has 0 unspecified atom stereocenters. The zero-order valence-electron chi connectivity index (χ0n) is 10.1. The first-order chi connectivity index (χ1) is 8.33. The summed E-state index contributed by atoms with van der Waals surface area (Å²) >= 11 is 1.72. The smallest absolute Gasteiger partial charge is 0.123 e. The van der Waals surface area contributed by atoms with Gasteiger partial charge in [0.1, 0.15) is 11.5 Å². The van der Waals surface area contributed by atoms with Crippen LogP contribution >= 0.6 is 11.3 Å². The summed E-state index contributed by atoms with van der Waals surface area (Å²) in [6, 6.07) is 10.2. The first-order valence-electron chi connectivity index (χ1n) is 5.78. The van der Waals surface area contributed by atoms with E-state index in [1.165, 1.54) is 4.88 Å². The van der Waals surface area contributed by atoms with Crippen molar-refractivity contribution >= 4 is 11.3 Å². The highest BCUT2D eigenvalue weighted by molar-refractivity contribution is 7.13. The van der Waals surface area contributed by atoms with Crippen LogP contribution in [0.15, 0.2) is 35.7 Å². The van der Waals surface area contributed by atoms with Gasteiger partial charge in [-0.25, -0.2) is 0 Å². The summed E-state index contributed by atoms with van der Waals surface area (Å²) < 4.78 is 11.1. The average molecular weight is 248 g/mol. The van der Waals surface area contributed by atoms with Gasteiger partial charge in [0.15, 0.2) is 0 Å². The molecule has 0 radical (unpaired) electrons. The molecule has 0 aliphatic carbocycles. The van der Waals surface area contributed by atoms with Gasteiger partial charge in [-0.3, -0.25) is 0 Å². The lowest BCUT2D eigenvalue weighted by atomic mass is 10.1. The number of hydrogen-bond acceptors (Lipinski definition) is 3. The van der Waals surface area contributed by atoms with Gasteiger partial charge in [-0.15, -0.1) is 11.3 Å². The Bertz CT molecular complexity index is 439. The van der Waals surface area contributed by atoms with Crippen molar-refractivity contribution in [3.8, 4) is 21.9 Å². The van der Waals surface area contributed by atoms with Crippen molar-refractivity contribution in [2.75, 3.05) is 13.2 Å². The van der Waals surface area contributed by atoms with Crippen LogP contribution in [0, 0.1) is 0 Å². The molecule has 2 nitrogen and oxygen atoms in total. The molecule has 1 heterocycles. The summed E-state index contributed by atoms with van der Waals surface area (Å²) in [5, 5.41) is 2.07. The molecular weight excluding hydrogens is 232 g/mol. The molecule has 0 amide bonds. The van der Waals surface area contributed by atoms with Gasteiger partial charge < -0.3 is 9.47 Å². The van der Waals surface area contributed by atoms with Crippen LogP contribution in [-0.4, -0.2) is 13.2 Å². The molecule has 0 N–H and O–H groups in total. The Kier molecular flexibility index (Phi) is 4.04. The van der Waals surface area contributed by atoms with Crippen LogP contribution < -0.4 is 9.47 Å². The molecule has 0 aliphatic heterocycles. The van der Waals surface area contributed by atoms with E-state index in [4.69, 9.17) is 9.47 Å². The number of hydrogen-bond donors (Lipinski definition) is 0. The Labute approximate surface area is 106 Å². The molecule has 1 aromatic heterocycles. The molecule has 90 valence electrons. The fourth-order valence-electron chi connectivity index (χ4n) is 1.66. The van der Waals surface area contributed by atoms with Crippen LogP contribution in [0.5, 0.6) is 11.5 Å². The fourth-order valence-corrected chi connectivity index (χ4v) is 2.37. The van der Waals surface area contributed by atoms with Crippen molar-refractivity contribution < 1.29 is 9.47 Å². The van der Waals surface area contributed by atoms with Gasteiger partial charge in [0.25, 0.3) is 0 Å². The highest BCUT2D eigenvalue weighted by atomic mass is 32.1. The minimum absolute atomic E-state index is 0.666. The number of thiophene rings is 1. The van der Waals surface area contributed by atoms with Crippen LogP contribution in [0.1, 0.15) is 13.8 Å². The Morgan fingerprint density at radius 1 is 1.00 bits per heavy atom. The SMILES string of the molecule is CCOc1cc(OCC)cc(-c2cccs2)c1. The third-order valence-corrected chi connectivity index (χ3v) is 3.23.